The van der Waals surface area contributed by atoms with Crippen molar-refractivity contribution in [1.29, 1.82) is 0 Å². The molecular formula is C50H78ClN7O18. The first-order valence-corrected chi connectivity index (χ1v) is 25.7. The second-order valence-electron chi connectivity index (χ2n) is 16.2. The van der Waals surface area contributed by atoms with E-state index in [2.05, 4.69) is 20.6 Å². The van der Waals surface area contributed by atoms with Crippen LogP contribution in [0.5, 0.6) is 28.7 Å². The second kappa shape index (κ2) is 41.4. The van der Waals surface area contributed by atoms with Crippen LogP contribution in [-0.4, -0.2) is 186 Å². The molecule has 6 N–H and O–H groups in total. The number of hydrogen-bond acceptors (Lipinski definition) is 22. The van der Waals surface area contributed by atoms with Crippen molar-refractivity contribution in [2.24, 2.45) is 0 Å². The van der Waals surface area contributed by atoms with Crippen molar-refractivity contribution in [3.8, 4) is 28.7 Å². The molecule has 0 aliphatic carbocycles. The SMILES string of the molecule is COc1cc(COC(=O)NCCCOCCOCCOCCCNC(=O)COc2c(OC)cc(Cc3cnc(N)nc3N)cc2OC)c([N+](=O)[O-])cc1OCCOCCOCCOCCOCCOCCCCCCCl. The number of alkyl carbamates (subject to hydrolysis) is 1. The van der Waals surface area contributed by atoms with Crippen LogP contribution in [0.1, 0.15) is 55.2 Å². The normalized spacial score (nSPS) is 11.1. The van der Waals surface area contributed by atoms with Gasteiger partial charge in [0.05, 0.1) is 124 Å². The number of nitrogens with one attached hydrogen (secondary N) is 2. The number of nitro groups is 1. The third kappa shape index (κ3) is 28.4. The molecule has 26 heteroatoms. The number of nitrogens with two attached hydrogens (primary N) is 2. The van der Waals surface area contributed by atoms with Gasteiger partial charge < -0.3 is 88.4 Å². The molecule has 0 bridgehead atoms. The zero-order chi connectivity index (χ0) is 54.9. The highest BCUT2D eigenvalue weighted by Crippen LogP contribution is 2.39. The topological polar surface area (TPSA) is 308 Å². The lowest BCUT2D eigenvalue weighted by Crippen LogP contribution is -2.30. The van der Waals surface area contributed by atoms with Gasteiger partial charge in [0, 0.05) is 57.0 Å². The Morgan fingerprint density at radius 1 is 0.592 bits per heavy atom. The molecule has 1 aromatic heterocycles. The number of benzene rings is 2. The van der Waals surface area contributed by atoms with E-state index in [4.69, 9.17) is 89.4 Å². The van der Waals surface area contributed by atoms with E-state index in [-0.39, 0.29) is 79.1 Å². The highest BCUT2D eigenvalue weighted by molar-refractivity contribution is 6.17. The van der Waals surface area contributed by atoms with Gasteiger partial charge in [0.1, 0.15) is 19.0 Å². The number of rotatable bonds is 47. The highest BCUT2D eigenvalue weighted by Gasteiger charge is 2.22. The number of unbranched alkanes of at least 4 members (excludes halogenated alkanes) is 3. The molecule has 76 heavy (non-hydrogen) atoms. The van der Waals surface area contributed by atoms with Crippen molar-refractivity contribution < 1.29 is 80.8 Å². The summed E-state index contributed by atoms with van der Waals surface area (Å²) in [4.78, 5) is 44.1. The van der Waals surface area contributed by atoms with Crippen LogP contribution in [0.4, 0.5) is 22.2 Å². The summed E-state index contributed by atoms with van der Waals surface area (Å²) in [6.45, 7) is 6.74. The first-order chi connectivity index (χ1) is 37.1. The average molecular weight is 1100 g/mol. The first kappa shape index (κ1) is 64.5. The Morgan fingerprint density at radius 3 is 1.61 bits per heavy atom. The molecule has 25 nitrogen and oxygen atoms in total. The molecule has 0 spiro atoms. The number of carbonyl (C=O) groups excluding carboxylic acids is 2. The van der Waals surface area contributed by atoms with E-state index in [0.717, 1.165) is 37.9 Å². The van der Waals surface area contributed by atoms with Crippen LogP contribution >= 0.6 is 11.6 Å². The zero-order valence-corrected chi connectivity index (χ0v) is 44.9. The van der Waals surface area contributed by atoms with Crippen LogP contribution in [0.15, 0.2) is 30.5 Å². The van der Waals surface area contributed by atoms with Crippen molar-refractivity contribution in [3.63, 3.8) is 0 Å². The van der Waals surface area contributed by atoms with Gasteiger partial charge in [0.2, 0.25) is 11.7 Å². The predicted molar refractivity (Wildman–Crippen MR) is 280 cm³/mol. The smallest absolute Gasteiger partial charge is 0.407 e. The number of alkyl halides is 1. The molecule has 428 valence electrons. The Bertz CT molecular complexity index is 2060. The molecule has 3 rings (SSSR count). The number of aromatic nitrogens is 2. The summed E-state index contributed by atoms with van der Waals surface area (Å²) in [6, 6.07) is 6.13. The maximum atomic E-state index is 12.5. The van der Waals surface area contributed by atoms with E-state index in [9.17, 15) is 19.7 Å². The van der Waals surface area contributed by atoms with Crippen LogP contribution in [0.2, 0.25) is 0 Å². The standard InChI is InChI=1S/C50H78ClN7O18/c1-63-42-33-40(41(58(61)62)34-43(42)74-29-28-73-27-26-72-25-24-71-23-22-70-19-16-66-13-7-5-4-6-10-51)36-76-50(60)55-12-9-15-68-18-21-69-20-17-67-14-8-11-54-46(59)37-75-47-44(64-2)31-38(32-45(47)65-3)30-39-35-56-49(53)57-48(39)52/h31-35H,4-30,36-37H2,1-3H3,(H,54,59)(H,55,60)(H4,52,53,56,57). The second-order valence-corrected chi connectivity index (χ2v) is 16.6. The van der Waals surface area contributed by atoms with Crippen LogP contribution in [-0.2, 0) is 60.5 Å². The summed E-state index contributed by atoms with van der Waals surface area (Å²) in [7, 11) is 4.37. The number of amides is 2. The monoisotopic (exact) mass is 1100 g/mol. The van der Waals surface area contributed by atoms with E-state index in [1.165, 1.54) is 33.5 Å². The maximum absolute atomic E-state index is 12.5. The van der Waals surface area contributed by atoms with Gasteiger partial charge in [0.15, 0.2) is 29.6 Å². The molecular weight excluding hydrogens is 1020 g/mol. The Hall–Kier alpha value is -5.77. The molecule has 0 aliphatic rings. The van der Waals surface area contributed by atoms with Gasteiger partial charge in [-0.3, -0.25) is 14.9 Å². The number of nitro benzene ring substituents is 1. The zero-order valence-electron chi connectivity index (χ0n) is 44.1. The lowest BCUT2D eigenvalue weighted by atomic mass is 10.1. The number of ether oxygens (including phenoxy) is 14. The maximum Gasteiger partial charge on any atom is 0.407 e. The van der Waals surface area contributed by atoms with Crippen LogP contribution in [0.3, 0.4) is 0 Å². The fraction of sp³-hybridized carbons (Fsp3) is 0.640. The predicted octanol–water partition coefficient (Wildman–Crippen LogP) is 4.68. The number of nitrogens with zero attached hydrogens (tertiary/aromatic N) is 3. The fourth-order valence-electron chi connectivity index (χ4n) is 6.65. The number of carbonyl (C=O) groups is 2. The van der Waals surface area contributed by atoms with E-state index in [1.807, 2.05) is 0 Å². The summed E-state index contributed by atoms with van der Waals surface area (Å²) in [5, 5.41) is 17.3. The molecule has 0 saturated carbocycles. The van der Waals surface area contributed by atoms with E-state index < -0.39 is 11.0 Å². The number of nitrogen functional groups attached to an aromatic ring is 2. The summed E-state index contributed by atoms with van der Waals surface area (Å²) < 4.78 is 77.3. The molecule has 0 saturated heterocycles. The van der Waals surface area contributed by atoms with Crippen molar-refractivity contribution in [3.05, 3.63) is 57.3 Å². The molecule has 0 radical (unpaired) electrons. The molecule has 0 unspecified atom stereocenters. The summed E-state index contributed by atoms with van der Waals surface area (Å²) in [5.41, 5.74) is 12.9. The van der Waals surface area contributed by atoms with Crippen LogP contribution in [0, 0.1) is 10.1 Å². The summed E-state index contributed by atoms with van der Waals surface area (Å²) in [6.07, 6.45) is 6.61. The van der Waals surface area contributed by atoms with Crippen molar-refractivity contribution >= 4 is 41.1 Å². The fourth-order valence-corrected chi connectivity index (χ4v) is 6.84. The Morgan fingerprint density at radius 2 is 1.09 bits per heavy atom. The van der Waals surface area contributed by atoms with Gasteiger partial charge in [-0.1, -0.05) is 12.8 Å². The minimum atomic E-state index is -0.750. The van der Waals surface area contributed by atoms with Gasteiger partial charge in [0.25, 0.3) is 11.6 Å². The van der Waals surface area contributed by atoms with Gasteiger partial charge in [-0.15, -0.1) is 11.6 Å². The van der Waals surface area contributed by atoms with E-state index >= 15 is 0 Å². The summed E-state index contributed by atoms with van der Waals surface area (Å²) >= 11 is 5.67. The number of hydrogen-bond donors (Lipinski definition) is 4. The molecule has 2 amide bonds. The third-order valence-corrected chi connectivity index (χ3v) is 10.8. The molecule has 2 aromatic carbocycles. The minimum absolute atomic E-state index is 0.0845. The Kier molecular flexibility index (Phi) is 35.1. The average Bonchev–Trinajstić information content (AvgIpc) is 3.41. The van der Waals surface area contributed by atoms with Gasteiger partial charge in [-0.2, -0.15) is 4.98 Å². The van der Waals surface area contributed by atoms with Gasteiger partial charge >= 0.3 is 6.09 Å². The van der Waals surface area contributed by atoms with Gasteiger partial charge in [-0.25, -0.2) is 9.78 Å². The third-order valence-electron chi connectivity index (χ3n) is 10.5. The molecule has 1 heterocycles. The summed E-state index contributed by atoms with van der Waals surface area (Å²) in [5.74, 6) is 2.14. The quantitative estimate of drug-likeness (QED) is 0.0258. The van der Waals surface area contributed by atoms with Crippen molar-refractivity contribution in [2.75, 3.05) is 171 Å². The van der Waals surface area contributed by atoms with Crippen molar-refractivity contribution in [2.45, 2.75) is 51.6 Å². The van der Waals surface area contributed by atoms with Crippen molar-refractivity contribution in [1.82, 2.24) is 20.6 Å². The number of methoxy groups -OCH3 is 3. The molecule has 3 aromatic rings. The van der Waals surface area contributed by atoms with Gasteiger partial charge in [-0.05, 0) is 49.4 Å². The van der Waals surface area contributed by atoms with E-state index in [0.29, 0.717) is 141 Å². The first-order valence-electron chi connectivity index (χ1n) is 25.2. The molecule has 0 atom stereocenters. The number of anilines is 2. The van der Waals surface area contributed by atoms with Crippen LogP contribution < -0.4 is 45.8 Å². The lowest BCUT2D eigenvalue weighted by molar-refractivity contribution is -0.385. The highest BCUT2D eigenvalue weighted by atomic mass is 35.5. The molecule has 0 aliphatic heterocycles. The largest absolute Gasteiger partial charge is 0.493 e. The Balaban J connectivity index is 1.14. The Labute approximate surface area is 449 Å². The van der Waals surface area contributed by atoms with Crippen LogP contribution in [0.25, 0.3) is 0 Å². The minimum Gasteiger partial charge on any atom is -0.493 e. The van der Waals surface area contributed by atoms with E-state index in [1.54, 1.807) is 18.3 Å². The molecule has 0 fully saturated rings. The lowest BCUT2D eigenvalue weighted by Gasteiger charge is -2.16. The number of halogens is 1.